The predicted octanol–water partition coefficient (Wildman–Crippen LogP) is 2.79. The van der Waals surface area contributed by atoms with E-state index in [0.29, 0.717) is 23.1 Å². The van der Waals surface area contributed by atoms with Gasteiger partial charge >= 0.3 is 0 Å². The van der Waals surface area contributed by atoms with Crippen molar-refractivity contribution in [3.05, 3.63) is 29.8 Å². The van der Waals surface area contributed by atoms with Gasteiger partial charge in [0.1, 0.15) is 5.75 Å². The van der Waals surface area contributed by atoms with E-state index < -0.39 is 0 Å². The normalized spacial score (nSPS) is 19.7. The van der Waals surface area contributed by atoms with Crippen molar-refractivity contribution >= 4 is 17.5 Å². The number of nitrogens with zero attached hydrogens (tertiary/aromatic N) is 1. The lowest BCUT2D eigenvalue weighted by Gasteiger charge is -2.31. The zero-order valence-corrected chi connectivity index (χ0v) is 11.3. The second-order valence-electron chi connectivity index (χ2n) is 4.65. The third kappa shape index (κ3) is 2.96. The van der Waals surface area contributed by atoms with Crippen LogP contribution in [-0.4, -0.2) is 36.9 Å². The topological polar surface area (TPSA) is 29.5 Å². The van der Waals surface area contributed by atoms with E-state index in [9.17, 15) is 4.79 Å². The Hall–Kier alpha value is -1.22. The first-order valence-electron chi connectivity index (χ1n) is 6.24. The SMILES string of the molecule is COc1cccc(C(=O)N2CCCC(CCl)C2)c1. The van der Waals surface area contributed by atoms with Gasteiger partial charge < -0.3 is 9.64 Å². The molecule has 0 aromatic heterocycles. The van der Waals surface area contributed by atoms with Gasteiger partial charge in [0.15, 0.2) is 0 Å². The summed E-state index contributed by atoms with van der Waals surface area (Å²) in [7, 11) is 1.61. The molecule has 0 N–H and O–H groups in total. The van der Waals surface area contributed by atoms with Crippen LogP contribution in [-0.2, 0) is 0 Å². The van der Waals surface area contributed by atoms with Crippen LogP contribution < -0.4 is 4.74 Å². The van der Waals surface area contributed by atoms with Crippen LogP contribution >= 0.6 is 11.6 Å². The number of alkyl halides is 1. The molecule has 0 bridgehead atoms. The highest BCUT2D eigenvalue weighted by Gasteiger charge is 2.23. The summed E-state index contributed by atoms with van der Waals surface area (Å²) in [5.41, 5.74) is 0.685. The summed E-state index contributed by atoms with van der Waals surface area (Å²) in [4.78, 5) is 14.3. The minimum atomic E-state index is 0.0729. The zero-order chi connectivity index (χ0) is 13.0. The monoisotopic (exact) mass is 267 g/mol. The summed E-state index contributed by atoms with van der Waals surface area (Å²) in [6.07, 6.45) is 2.15. The average Bonchev–Trinajstić information content (AvgIpc) is 2.46. The number of halogens is 1. The molecule has 98 valence electrons. The Kier molecular flexibility index (Phi) is 4.48. The van der Waals surface area contributed by atoms with Crippen molar-refractivity contribution in [3.63, 3.8) is 0 Å². The highest BCUT2D eigenvalue weighted by molar-refractivity contribution is 6.18. The van der Waals surface area contributed by atoms with Gasteiger partial charge in [-0.2, -0.15) is 0 Å². The number of ether oxygens (including phenoxy) is 1. The number of amides is 1. The Bertz CT molecular complexity index is 422. The molecule has 1 aromatic carbocycles. The molecule has 1 saturated heterocycles. The predicted molar refractivity (Wildman–Crippen MR) is 72.3 cm³/mol. The molecule has 0 radical (unpaired) electrons. The van der Waals surface area contributed by atoms with Gasteiger partial charge in [0, 0.05) is 24.5 Å². The number of carbonyl (C=O) groups excluding carboxylic acids is 1. The van der Waals surface area contributed by atoms with Crippen LogP contribution in [0.3, 0.4) is 0 Å². The number of rotatable bonds is 3. The van der Waals surface area contributed by atoms with Gasteiger partial charge in [0.05, 0.1) is 7.11 Å². The number of carbonyl (C=O) groups is 1. The number of likely N-dealkylation sites (tertiary alicyclic amines) is 1. The maximum absolute atomic E-state index is 12.4. The van der Waals surface area contributed by atoms with E-state index in [0.717, 1.165) is 25.9 Å². The van der Waals surface area contributed by atoms with Crippen molar-refractivity contribution in [2.24, 2.45) is 5.92 Å². The molecular formula is C14H18ClNO2. The van der Waals surface area contributed by atoms with Crippen molar-refractivity contribution < 1.29 is 9.53 Å². The second kappa shape index (κ2) is 6.10. The average molecular weight is 268 g/mol. The summed E-state index contributed by atoms with van der Waals surface area (Å²) in [5.74, 6) is 1.84. The van der Waals surface area contributed by atoms with E-state index in [4.69, 9.17) is 16.3 Å². The first-order valence-corrected chi connectivity index (χ1v) is 6.77. The second-order valence-corrected chi connectivity index (χ2v) is 4.95. The van der Waals surface area contributed by atoms with Gasteiger partial charge in [-0.15, -0.1) is 11.6 Å². The van der Waals surface area contributed by atoms with Crippen LogP contribution in [0.5, 0.6) is 5.75 Å². The standard InChI is InChI=1S/C14H18ClNO2/c1-18-13-6-2-5-12(8-13)14(17)16-7-3-4-11(9-15)10-16/h2,5-6,8,11H,3-4,7,9-10H2,1H3. The van der Waals surface area contributed by atoms with Crippen molar-refractivity contribution in [2.45, 2.75) is 12.8 Å². The van der Waals surface area contributed by atoms with Crippen LogP contribution in [0.25, 0.3) is 0 Å². The fourth-order valence-electron chi connectivity index (χ4n) is 2.31. The van der Waals surface area contributed by atoms with E-state index in [2.05, 4.69) is 0 Å². The molecule has 2 rings (SSSR count). The Morgan fingerprint density at radius 3 is 3.11 bits per heavy atom. The number of methoxy groups -OCH3 is 1. The molecule has 1 aliphatic rings. The maximum atomic E-state index is 12.4. The van der Waals surface area contributed by atoms with E-state index in [1.165, 1.54) is 0 Å². The summed E-state index contributed by atoms with van der Waals surface area (Å²) in [5, 5.41) is 0. The lowest BCUT2D eigenvalue weighted by molar-refractivity contribution is 0.0684. The number of benzene rings is 1. The molecule has 18 heavy (non-hydrogen) atoms. The van der Waals surface area contributed by atoms with E-state index in [1.807, 2.05) is 23.1 Å². The van der Waals surface area contributed by atoms with Gasteiger partial charge in [-0.25, -0.2) is 0 Å². The fraction of sp³-hybridized carbons (Fsp3) is 0.500. The molecule has 0 saturated carbocycles. The molecule has 0 aliphatic carbocycles. The molecule has 3 nitrogen and oxygen atoms in total. The van der Waals surface area contributed by atoms with Gasteiger partial charge in [-0.3, -0.25) is 4.79 Å². The van der Waals surface area contributed by atoms with Crippen molar-refractivity contribution in [1.82, 2.24) is 4.90 Å². The quantitative estimate of drug-likeness (QED) is 0.788. The Balaban J connectivity index is 2.10. The maximum Gasteiger partial charge on any atom is 0.253 e. The number of hydrogen-bond acceptors (Lipinski definition) is 2. The lowest BCUT2D eigenvalue weighted by atomic mass is 9.99. The van der Waals surface area contributed by atoms with Gasteiger partial charge in [-0.05, 0) is 37.0 Å². The zero-order valence-electron chi connectivity index (χ0n) is 10.6. The highest BCUT2D eigenvalue weighted by atomic mass is 35.5. The summed E-state index contributed by atoms with van der Waals surface area (Å²) >= 11 is 5.89. The van der Waals surface area contributed by atoms with Gasteiger partial charge in [0.25, 0.3) is 5.91 Å². The van der Waals surface area contributed by atoms with E-state index in [1.54, 1.807) is 13.2 Å². The van der Waals surface area contributed by atoms with Crippen LogP contribution in [0.2, 0.25) is 0 Å². The summed E-state index contributed by atoms with van der Waals surface area (Å²) in [6.45, 7) is 1.59. The van der Waals surface area contributed by atoms with Crippen LogP contribution in [0.4, 0.5) is 0 Å². The minimum Gasteiger partial charge on any atom is -0.497 e. The smallest absolute Gasteiger partial charge is 0.253 e. The third-order valence-electron chi connectivity index (χ3n) is 3.34. The highest BCUT2D eigenvalue weighted by Crippen LogP contribution is 2.21. The van der Waals surface area contributed by atoms with Crippen LogP contribution in [0, 0.1) is 5.92 Å². The van der Waals surface area contributed by atoms with Crippen molar-refractivity contribution in [1.29, 1.82) is 0 Å². The molecule has 1 aromatic rings. The molecule has 1 atom stereocenters. The molecule has 0 spiro atoms. The number of piperidine rings is 1. The molecule has 1 aliphatic heterocycles. The molecular weight excluding hydrogens is 250 g/mol. The molecule has 1 unspecified atom stereocenters. The molecule has 1 heterocycles. The minimum absolute atomic E-state index is 0.0729. The lowest BCUT2D eigenvalue weighted by Crippen LogP contribution is -2.40. The molecule has 1 fully saturated rings. The Morgan fingerprint density at radius 2 is 2.39 bits per heavy atom. The van der Waals surface area contributed by atoms with Gasteiger partial charge in [-0.1, -0.05) is 6.07 Å². The fourth-order valence-corrected chi connectivity index (χ4v) is 2.57. The Labute approximate surface area is 113 Å². The molecule has 1 amide bonds. The first-order chi connectivity index (χ1) is 8.74. The third-order valence-corrected chi connectivity index (χ3v) is 3.78. The number of hydrogen-bond donors (Lipinski definition) is 0. The van der Waals surface area contributed by atoms with Gasteiger partial charge in [0.2, 0.25) is 0 Å². The summed E-state index contributed by atoms with van der Waals surface area (Å²) in [6, 6.07) is 7.30. The van der Waals surface area contributed by atoms with Crippen LogP contribution in [0.15, 0.2) is 24.3 Å². The van der Waals surface area contributed by atoms with E-state index >= 15 is 0 Å². The van der Waals surface area contributed by atoms with Crippen molar-refractivity contribution in [3.8, 4) is 5.75 Å². The van der Waals surface area contributed by atoms with E-state index in [-0.39, 0.29) is 5.91 Å². The Morgan fingerprint density at radius 1 is 1.56 bits per heavy atom. The van der Waals surface area contributed by atoms with Crippen LogP contribution in [0.1, 0.15) is 23.2 Å². The van der Waals surface area contributed by atoms with Crippen molar-refractivity contribution in [2.75, 3.05) is 26.1 Å². The molecule has 4 heteroatoms. The first kappa shape index (κ1) is 13.2. The largest absolute Gasteiger partial charge is 0.497 e. The summed E-state index contributed by atoms with van der Waals surface area (Å²) < 4.78 is 5.14.